The zero-order valence-corrected chi connectivity index (χ0v) is 9.39. The van der Waals surface area contributed by atoms with E-state index < -0.39 is 0 Å². The molecule has 1 aromatic rings. The second-order valence-electron chi connectivity index (χ2n) is 3.54. The topological polar surface area (TPSA) is 29.3 Å². The number of nitrogens with two attached hydrogens (primary N) is 1. The molecule has 2 heteroatoms. The number of likely N-dealkylation sites (N-methyl/N-ethyl adjacent to an activating group) is 1. The van der Waals surface area contributed by atoms with Gasteiger partial charge in [-0.25, -0.2) is 0 Å². The molecule has 82 valence electrons. The van der Waals surface area contributed by atoms with E-state index in [1.807, 2.05) is 12.1 Å². The number of hydrogen-bond donors (Lipinski definition) is 1. The second-order valence-corrected chi connectivity index (χ2v) is 3.54. The third kappa shape index (κ3) is 3.18. The largest absolute Gasteiger partial charge is 0.329 e. The molecule has 0 radical (unpaired) electrons. The van der Waals surface area contributed by atoms with Crippen LogP contribution in [0.4, 0.5) is 0 Å². The van der Waals surface area contributed by atoms with Crippen LogP contribution in [0.25, 0.3) is 0 Å². The van der Waals surface area contributed by atoms with Crippen LogP contribution in [0, 0.1) is 0 Å². The van der Waals surface area contributed by atoms with Crippen LogP contribution < -0.4 is 5.73 Å². The van der Waals surface area contributed by atoms with Crippen molar-refractivity contribution in [1.82, 2.24) is 4.90 Å². The molecule has 2 nitrogen and oxygen atoms in total. The van der Waals surface area contributed by atoms with Gasteiger partial charge in [0.1, 0.15) is 0 Å². The summed E-state index contributed by atoms with van der Waals surface area (Å²) in [6, 6.07) is 10.7. The highest BCUT2D eigenvalue weighted by Crippen LogP contribution is 2.18. The van der Waals surface area contributed by atoms with Gasteiger partial charge in [0.05, 0.1) is 0 Å². The van der Waals surface area contributed by atoms with Crippen LogP contribution in [0.3, 0.4) is 0 Å². The van der Waals surface area contributed by atoms with Gasteiger partial charge in [-0.2, -0.15) is 0 Å². The molecule has 1 unspecified atom stereocenters. The Bertz CT molecular complexity index is 282. The quantitative estimate of drug-likeness (QED) is 0.720. The third-order valence-electron chi connectivity index (χ3n) is 2.62. The van der Waals surface area contributed by atoms with E-state index in [1.165, 1.54) is 5.56 Å². The fourth-order valence-corrected chi connectivity index (χ4v) is 1.81. The Kier molecular flexibility index (Phi) is 5.08. The molecule has 2 N–H and O–H groups in total. The van der Waals surface area contributed by atoms with Crippen molar-refractivity contribution in [3.63, 3.8) is 0 Å². The molecule has 0 heterocycles. The summed E-state index contributed by atoms with van der Waals surface area (Å²) in [7, 11) is 0. The molecule has 0 fully saturated rings. The average molecular weight is 204 g/mol. The minimum absolute atomic E-state index is 0.300. The molecule has 0 bridgehead atoms. The smallest absolute Gasteiger partial charge is 0.0473 e. The van der Waals surface area contributed by atoms with Crippen molar-refractivity contribution in [3.05, 3.63) is 48.6 Å². The van der Waals surface area contributed by atoms with E-state index in [4.69, 9.17) is 5.73 Å². The highest BCUT2D eigenvalue weighted by molar-refractivity contribution is 5.19. The summed E-state index contributed by atoms with van der Waals surface area (Å²) in [5.74, 6) is 0. The van der Waals surface area contributed by atoms with Gasteiger partial charge in [-0.15, -0.1) is 6.58 Å². The van der Waals surface area contributed by atoms with Crippen LogP contribution in [0.2, 0.25) is 0 Å². The Balaban J connectivity index is 2.82. The number of benzene rings is 1. The molecule has 0 spiro atoms. The summed E-state index contributed by atoms with van der Waals surface area (Å²) in [6.45, 7) is 8.44. The standard InChI is InChI=1S/C13H20N2/c1-3-10-15(4-2)13(11-14)12-8-6-5-7-9-12/h3,5-9,13H,1,4,10-11,14H2,2H3. The van der Waals surface area contributed by atoms with Crippen molar-refractivity contribution in [2.45, 2.75) is 13.0 Å². The first kappa shape index (κ1) is 12.0. The van der Waals surface area contributed by atoms with Crippen molar-refractivity contribution in [1.29, 1.82) is 0 Å². The van der Waals surface area contributed by atoms with Crippen molar-refractivity contribution in [3.8, 4) is 0 Å². The molecule has 0 saturated heterocycles. The summed E-state index contributed by atoms with van der Waals surface area (Å²) in [5, 5.41) is 0. The Morgan fingerprint density at radius 1 is 1.40 bits per heavy atom. The van der Waals surface area contributed by atoms with Gasteiger partial charge in [0, 0.05) is 19.1 Å². The van der Waals surface area contributed by atoms with E-state index in [0.717, 1.165) is 13.1 Å². The van der Waals surface area contributed by atoms with Gasteiger partial charge in [-0.3, -0.25) is 4.90 Å². The third-order valence-corrected chi connectivity index (χ3v) is 2.62. The molecule has 0 aliphatic carbocycles. The first-order valence-electron chi connectivity index (χ1n) is 5.43. The van der Waals surface area contributed by atoms with Crippen molar-refractivity contribution < 1.29 is 0 Å². The molecule has 0 amide bonds. The molecule has 0 aromatic heterocycles. The summed E-state index contributed by atoms with van der Waals surface area (Å²) in [5.41, 5.74) is 7.12. The van der Waals surface area contributed by atoms with E-state index in [0.29, 0.717) is 12.6 Å². The van der Waals surface area contributed by atoms with Gasteiger partial charge in [0.25, 0.3) is 0 Å². The second kappa shape index (κ2) is 6.38. The SMILES string of the molecule is C=CCN(CC)C(CN)c1ccccc1. The zero-order valence-electron chi connectivity index (χ0n) is 9.39. The lowest BCUT2D eigenvalue weighted by Crippen LogP contribution is -2.33. The van der Waals surface area contributed by atoms with Crippen LogP contribution >= 0.6 is 0 Å². The summed E-state index contributed by atoms with van der Waals surface area (Å²) in [6.07, 6.45) is 1.93. The van der Waals surface area contributed by atoms with Gasteiger partial charge in [-0.1, -0.05) is 43.3 Å². The lowest BCUT2D eigenvalue weighted by Gasteiger charge is -2.29. The minimum Gasteiger partial charge on any atom is -0.329 e. The molecule has 0 aliphatic heterocycles. The van der Waals surface area contributed by atoms with Crippen molar-refractivity contribution >= 4 is 0 Å². The van der Waals surface area contributed by atoms with Gasteiger partial charge in [0.2, 0.25) is 0 Å². The minimum atomic E-state index is 0.300. The molecule has 1 rings (SSSR count). The monoisotopic (exact) mass is 204 g/mol. The summed E-state index contributed by atoms with van der Waals surface area (Å²) in [4.78, 5) is 2.32. The Morgan fingerprint density at radius 2 is 2.07 bits per heavy atom. The molecular formula is C13H20N2. The fourth-order valence-electron chi connectivity index (χ4n) is 1.81. The number of nitrogens with zero attached hydrogens (tertiary/aromatic N) is 1. The van der Waals surface area contributed by atoms with Crippen LogP contribution in [-0.2, 0) is 0 Å². The fraction of sp³-hybridized carbons (Fsp3) is 0.385. The number of rotatable bonds is 6. The first-order valence-corrected chi connectivity index (χ1v) is 5.43. The summed E-state index contributed by atoms with van der Waals surface area (Å²) >= 11 is 0. The predicted molar refractivity (Wildman–Crippen MR) is 65.7 cm³/mol. The van der Waals surface area contributed by atoms with Gasteiger partial charge < -0.3 is 5.73 Å². The van der Waals surface area contributed by atoms with Gasteiger partial charge in [-0.05, 0) is 12.1 Å². The lowest BCUT2D eigenvalue weighted by molar-refractivity contribution is 0.236. The zero-order chi connectivity index (χ0) is 11.1. The maximum atomic E-state index is 5.84. The van der Waals surface area contributed by atoms with Crippen molar-refractivity contribution in [2.24, 2.45) is 5.73 Å². The van der Waals surface area contributed by atoms with Crippen molar-refractivity contribution in [2.75, 3.05) is 19.6 Å². The Morgan fingerprint density at radius 3 is 2.53 bits per heavy atom. The van der Waals surface area contributed by atoms with E-state index in [-0.39, 0.29) is 0 Å². The molecule has 0 saturated carbocycles. The Hall–Kier alpha value is -1.12. The molecule has 1 atom stereocenters. The van der Waals surface area contributed by atoms with E-state index in [2.05, 4.69) is 42.7 Å². The van der Waals surface area contributed by atoms with Gasteiger partial charge >= 0.3 is 0 Å². The highest BCUT2D eigenvalue weighted by atomic mass is 15.2. The Labute approximate surface area is 92.4 Å². The van der Waals surface area contributed by atoms with Crippen LogP contribution in [-0.4, -0.2) is 24.5 Å². The lowest BCUT2D eigenvalue weighted by atomic mass is 10.1. The molecular weight excluding hydrogens is 184 g/mol. The molecule has 15 heavy (non-hydrogen) atoms. The van der Waals surface area contributed by atoms with E-state index >= 15 is 0 Å². The maximum absolute atomic E-state index is 5.84. The molecule has 1 aromatic carbocycles. The predicted octanol–water partition coefficient (Wildman–Crippen LogP) is 2.19. The maximum Gasteiger partial charge on any atom is 0.0473 e. The van der Waals surface area contributed by atoms with E-state index in [1.54, 1.807) is 0 Å². The first-order chi connectivity index (χ1) is 7.33. The van der Waals surface area contributed by atoms with Crippen LogP contribution in [0.15, 0.2) is 43.0 Å². The average Bonchev–Trinajstić information content (AvgIpc) is 2.30. The normalized spacial score (nSPS) is 12.7. The highest BCUT2D eigenvalue weighted by Gasteiger charge is 2.15. The van der Waals surface area contributed by atoms with Gasteiger partial charge in [0.15, 0.2) is 0 Å². The number of hydrogen-bond acceptors (Lipinski definition) is 2. The molecule has 0 aliphatic rings. The summed E-state index contributed by atoms with van der Waals surface area (Å²) < 4.78 is 0. The van der Waals surface area contributed by atoms with E-state index in [9.17, 15) is 0 Å². The van der Waals surface area contributed by atoms with Crippen LogP contribution in [0.1, 0.15) is 18.5 Å². The van der Waals surface area contributed by atoms with Crippen LogP contribution in [0.5, 0.6) is 0 Å².